The van der Waals surface area contributed by atoms with Crippen LogP contribution in [0.2, 0.25) is 0 Å². The quantitative estimate of drug-likeness (QED) is 0.726. The van der Waals surface area contributed by atoms with Crippen molar-refractivity contribution in [3.63, 3.8) is 0 Å². The van der Waals surface area contributed by atoms with Gasteiger partial charge < -0.3 is 9.64 Å². The SMILES string of the molecule is CC1(C)C=C(/C=C/C(=O)N2CCOCC2)C(C)(C)CC1. The molecule has 1 saturated heterocycles. The van der Waals surface area contributed by atoms with E-state index in [0.717, 1.165) is 0 Å². The van der Waals surface area contributed by atoms with E-state index in [9.17, 15) is 4.79 Å². The van der Waals surface area contributed by atoms with E-state index in [2.05, 4.69) is 33.8 Å². The van der Waals surface area contributed by atoms with Crippen LogP contribution in [0.1, 0.15) is 40.5 Å². The van der Waals surface area contributed by atoms with Gasteiger partial charge in [-0.15, -0.1) is 0 Å². The molecule has 0 radical (unpaired) electrons. The molecule has 2 aliphatic rings. The minimum Gasteiger partial charge on any atom is -0.378 e. The molecule has 0 aromatic heterocycles. The number of rotatable bonds is 2. The Morgan fingerprint density at radius 2 is 1.85 bits per heavy atom. The number of hydrogen-bond donors (Lipinski definition) is 0. The normalized spacial score (nSPS) is 25.6. The summed E-state index contributed by atoms with van der Waals surface area (Å²) in [6.07, 6.45) is 8.47. The third-order valence-electron chi connectivity index (χ3n) is 4.45. The summed E-state index contributed by atoms with van der Waals surface area (Å²) in [4.78, 5) is 14.0. The van der Waals surface area contributed by atoms with E-state index in [0.29, 0.717) is 26.3 Å². The number of carbonyl (C=O) groups excluding carboxylic acids is 1. The zero-order valence-corrected chi connectivity index (χ0v) is 13.2. The van der Waals surface area contributed by atoms with Crippen LogP contribution in [-0.2, 0) is 9.53 Å². The average Bonchev–Trinajstić information content (AvgIpc) is 2.41. The van der Waals surface area contributed by atoms with Gasteiger partial charge in [0, 0.05) is 19.2 Å². The van der Waals surface area contributed by atoms with Crippen molar-refractivity contribution in [2.45, 2.75) is 40.5 Å². The second-order valence-electron chi connectivity index (χ2n) is 7.24. The summed E-state index contributed by atoms with van der Waals surface area (Å²) < 4.78 is 5.28. The van der Waals surface area contributed by atoms with Gasteiger partial charge in [-0.3, -0.25) is 4.79 Å². The molecule has 1 heterocycles. The molecule has 112 valence electrons. The molecule has 3 nitrogen and oxygen atoms in total. The van der Waals surface area contributed by atoms with Crippen LogP contribution in [0.5, 0.6) is 0 Å². The first-order valence-corrected chi connectivity index (χ1v) is 7.58. The van der Waals surface area contributed by atoms with Gasteiger partial charge in [-0.2, -0.15) is 0 Å². The molecule has 2 rings (SSSR count). The Hall–Kier alpha value is -1.09. The van der Waals surface area contributed by atoms with E-state index in [1.807, 2.05) is 11.0 Å². The van der Waals surface area contributed by atoms with E-state index in [-0.39, 0.29) is 16.7 Å². The fraction of sp³-hybridized carbons (Fsp3) is 0.706. The number of carbonyl (C=O) groups is 1. The van der Waals surface area contributed by atoms with Gasteiger partial charge in [0.25, 0.3) is 0 Å². The Labute approximate surface area is 122 Å². The maximum Gasteiger partial charge on any atom is 0.246 e. The first kappa shape index (κ1) is 15.3. The van der Waals surface area contributed by atoms with E-state index >= 15 is 0 Å². The third kappa shape index (κ3) is 3.72. The Morgan fingerprint density at radius 1 is 1.20 bits per heavy atom. The number of ether oxygens (including phenoxy) is 1. The number of morpholine rings is 1. The fourth-order valence-corrected chi connectivity index (χ4v) is 2.79. The number of amides is 1. The largest absolute Gasteiger partial charge is 0.378 e. The molecule has 1 fully saturated rings. The van der Waals surface area contributed by atoms with Crippen LogP contribution in [-0.4, -0.2) is 37.1 Å². The maximum atomic E-state index is 12.2. The molecule has 20 heavy (non-hydrogen) atoms. The van der Waals surface area contributed by atoms with Crippen LogP contribution in [0.3, 0.4) is 0 Å². The summed E-state index contributed by atoms with van der Waals surface area (Å²) in [5.74, 6) is 0.105. The number of nitrogens with zero attached hydrogens (tertiary/aromatic N) is 1. The van der Waals surface area contributed by atoms with Gasteiger partial charge in [-0.25, -0.2) is 0 Å². The maximum absolute atomic E-state index is 12.2. The summed E-state index contributed by atoms with van der Waals surface area (Å²) in [7, 11) is 0. The van der Waals surface area contributed by atoms with E-state index in [1.54, 1.807) is 6.08 Å². The molecule has 0 unspecified atom stereocenters. The van der Waals surface area contributed by atoms with Crippen molar-refractivity contribution in [3.8, 4) is 0 Å². The molecule has 1 aliphatic carbocycles. The standard InChI is InChI=1S/C17H27NO2/c1-16(2)7-8-17(3,4)14(13-16)5-6-15(19)18-9-11-20-12-10-18/h5-6,13H,7-12H2,1-4H3/b6-5+. The van der Waals surface area contributed by atoms with Gasteiger partial charge in [-0.05, 0) is 29.2 Å². The zero-order valence-electron chi connectivity index (χ0n) is 13.2. The summed E-state index contributed by atoms with van der Waals surface area (Å²) >= 11 is 0. The van der Waals surface area contributed by atoms with Crippen LogP contribution < -0.4 is 0 Å². The first-order valence-electron chi connectivity index (χ1n) is 7.58. The lowest BCUT2D eigenvalue weighted by Crippen LogP contribution is -2.39. The molecule has 0 aromatic rings. The van der Waals surface area contributed by atoms with Gasteiger partial charge in [0.2, 0.25) is 5.91 Å². The van der Waals surface area contributed by atoms with Gasteiger partial charge in [-0.1, -0.05) is 39.8 Å². The molecule has 0 atom stereocenters. The van der Waals surface area contributed by atoms with Gasteiger partial charge >= 0.3 is 0 Å². The second-order valence-corrected chi connectivity index (χ2v) is 7.24. The molecule has 0 bridgehead atoms. The number of hydrogen-bond acceptors (Lipinski definition) is 2. The first-order chi connectivity index (χ1) is 9.30. The van der Waals surface area contributed by atoms with Gasteiger partial charge in [0.15, 0.2) is 0 Å². The highest BCUT2D eigenvalue weighted by atomic mass is 16.5. The van der Waals surface area contributed by atoms with Crippen LogP contribution in [0.25, 0.3) is 0 Å². The summed E-state index contributed by atoms with van der Waals surface area (Å²) in [5.41, 5.74) is 1.68. The molecule has 1 aliphatic heterocycles. The highest BCUT2D eigenvalue weighted by molar-refractivity contribution is 5.88. The van der Waals surface area contributed by atoms with Crippen molar-refractivity contribution in [1.82, 2.24) is 4.90 Å². The van der Waals surface area contributed by atoms with Crippen molar-refractivity contribution in [1.29, 1.82) is 0 Å². The number of allylic oxidation sites excluding steroid dienone is 3. The minimum atomic E-state index is 0.105. The zero-order chi connectivity index (χ0) is 14.8. The lowest BCUT2D eigenvalue weighted by Gasteiger charge is -2.38. The topological polar surface area (TPSA) is 29.5 Å². The lowest BCUT2D eigenvalue weighted by molar-refractivity contribution is -0.129. The van der Waals surface area contributed by atoms with Crippen molar-refractivity contribution in [2.24, 2.45) is 10.8 Å². The van der Waals surface area contributed by atoms with Crippen LogP contribution in [0.15, 0.2) is 23.8 Å². The summed E-state index contributed by atoms with van der Waals surface area (Å²) in [6, 6.07) is 0. The molecule has 1 amide bonds. The summed E-state index contributed by atoms with van der Waals surface area (Å²) in [5, 5.41) is 0. The second kappa shape index (κ2) is 5.72. The van der Waals surface area contributed by atoms with Gasteiger partial charge in [0.1, 0.15) is 0 Å². The summed E-state index contributed by atoms with van der Waals surface area (Å²) in [6.45, 7) is 11.8. The van der Waals surface area contributed by atoms with E-state index in [4.69, 9.17) is 4.74 Å². The van der Waals surface area contributed by atoms with Crippen molar-refractivity contribution < 1.29 is 9.53 Å². The van der Waals surface area contributed by atoms with E-state index in [1.165, 1.54) is 18.4 Å². The lowest BCUT2D eigenvalue weighted by atomic mass is 9.67. The minimum absolute atomic E-state index is 0.105. The Kier molecular flexibility index (Phi) is 4.38. The smallest absolute Gasteiger partial charge is 0.246 e. The molecule has 0 aromatic carbocycles. The monoisotopic (exact) mass is 277 g/mol. The van der Waals surface area contributed by atoms with E-state index < -0.39 is 0 Å². The molecule has 0 saturated carbocycles. The van der Waals surface area contributed by atoms with Crippen molar-refractivity contribution in [2.75, 3.05) is 26.3 Å². The highest BCUT2D eigenvalue weighted by Gasteiger charge is 2.31. The molecule has 0 spiro atoms. The molecule has 0 N–H and O–H groups in total. The van der Waals surface area contributed by atoms with Crippen molar-refractivity contribution >= 4 is 5.91 Å². The molecular weight excluding hydrogens is 250 g/mol. The molecular formula is C17H27NO2. The van der Waals surface area contributed by atoms with Crippen LogP contribution in [0.4, 0.5) is 0 Å². The Balaban J connectivity index is 2.08. The predicted octanol–water partition coefficient (Wildman–Crippen LogP) is 3.17. The third-order valence-corrected chi connectivity index (χ3v) is 4.45. The highest BCUT2D eigenvalue weighted by Crippen LogP contribution is 2.44. The molecule has 3 heteroatoms. The van der Waals surface area contributed by atoms with Crippen LogP contribution in [0, 0.1) is 10.8 Å². The van der Waals surface area contributed by atoms with Crippen LogP contribution >= 0.6 is 0 Å². The Bertz CT molecular complexity index is 426. The van der Waals surface area contributed by atoms with Crippen molar-refractivity contribution in [3.05, 3.63) is 23.8 Å². The van der Waals surface area contributed by atoms with Gasteiger partial charge in [0.05, 0.1) is 13.2 Å². The fourth-order valence-electron chi connectivity index (χ4n) is 2.79. The average molecular weight is 277 g/mol. The Morgan fingerprint density at radius 3 is 2.50 bits per heavy atom. The predicted molar refractivity (Wildman–Crippen MR) is 81.4 cm³/mol.